The SMILES string of the molecule is COc1ccc(CCNC(=O)c2cc(C)nc(Nc3ccccc3Cl)n2)cc1. The number of amides is 1. The zero-order valence-corrected chi connectivity index (χ0v) is 16.5. The van der Waals surface area contributed by atoms with Crippen LogP contribution in [-0.4, -0.2) is 29.5 Å². The summed E-state index contributed by atoms with van der Waals surface area (Å²) in [5.41, 5.74) is 2.78. The van der Waals surface area contributed by atoms with Gasteiger partial charge in [0.25, 0.3) is 5.91 Å². The highest BCUT2D eigenvalue weighted by Crippen LogP contribution is 2.23. The lowest BCUT2D eigenvalue weighted by Gasteiger charge is -2.10. The largest absolute Gasteiger partial charge is 0.497 e. The maximum Gasteiger partial charge on any atom is 0.270 e. The van der Waals surface area contributed by atoms with Gasteiger partial charge in [-0.25, -0.2) is 9.97 Å². The van der Waals surface area contributed by atoms with Crippen LogP contribution in [0.1, 0.15) is 21.7 Å². The molecule has 3 rings (SSSR count). The lowest BCUT2D eigenvalue weighted by Crippen LogP contribution is -2.27. The molecule has 0 unspecified atom stereocenters. The van der Waals surface area contributed by atoms with Crippen molar-refractivity contribution in [3.05, 3.63) is 76.6 Å². The molecule has 0 saturated heterocycles. The average Bonchev–Trinajstić information content (AvgIpc) is 2.70. The summed E-state index contributed by atoms with van der Waals surface area (Å²) in [5.74, 6) is 0.886. The van der Waals surface area contributed by atoms with Gasteiger partial charge >= 0.3 is 0 Å². The summed E-state index contributed by atoms with van der Waals surface area (Å²) in [6.07, 6.45) is 0.713. The van der Waals surface area contributed by atoms with E-state index in [1.165, 1.54) is 0 Å². The Morgan fingerprint density at radius 2 is 1.86 bits per heavy atom. The normalized spacial score (nSPS) is 10.4. The number of hydrogen-bond donors (Lipinski definition) is 2. The van der Waals surface area contributed by atoms with Crippen LogP contribution in [0.3, 0.4) is 0 Å². The van der Waals surface area contributed by atoms with Crippen LogP contribution in [0.15, 0.2) is 54.6 Å². The van der Waals surface area contributed by atoms with Crippen molar-refractivity contribution < 1.29 is 9.53 Å². The first-order valence-electron chi connectivity index (χ1n) is 8.83. The van der Waals surface area contributed by atoms with Gasteiger partial charge in [-0.05, 0) is 49.2 Å². The zero-order valence-electron chi connectivity index (χ0n) is 15.7. The monoisotopic (exact) mass is 396 g/mol. The first-order chi connectivity index (χ1) is 13.5. The number of para-hydroxylation sites is 1. The molecule has 1 heterocycles. The van der Waals surface area contributed by atoms with Gasteiger partial charge in [0.2, 0.25) is 5.95 Å². The third-order valence-electron chi connectivity index (χ3n) is 4.07. The number of benzene rings is 2. The van der Waals surface area contributed by atoms with Gasteiger partial charge in [-0.3, -0.25) is 4.79 Å². The number of nitrogens with one attached hydrogen (secondary N) is 2. The first-order valence-corrected chi connectivity index (χ1v) is 9.21. The summed E-state index contributed by atoms with van der Waals surface area (Å²) < 4.78 is 5.14. The van der Waals surface area contributed by atoms with Crippen molar-refractivity contribution in [2.24, 2.45) is 0 Å². The fourth-order valence-electron chi connectivity index (χ4n) is 2.63. The molecule has 0 spiro atoms. The van der Waals surface area contributed by atoms with E-state index < -0.39 is 0 Å². The maximum absolute atomic E-state index is 12.5. The fourth-order valence-corrected chi connectivity index (χ4v) is 2.81. The molecule has 0 aliphatic carbocycles. The van der Waals surface area contributed by atoms with Crippen LogP contribution in [-0.2, 0) is 6.42 Å². The van der Waals surface area contributed by atoms with Crippen LogP contribution in [0.4, 0.5) is 11.6 Å². The highest BCUT2D eigenvalue weighted by Gasteiger charge is 2.11. The molecule has 0 saturated carbocycles. The second kappa shape index (κ2) is 9.19. The van der Waals surface area contributed by atoms with E-state index in [9.17, 15) is 4.79 Å². The summed E-state index contributed by atoms with van der Waals surface area (Å²) in [7, 11) is 1.63. The lowest BCUT2D eigenvalue weighted by atomic mass is 10.1. The molecule has 0 bridgehead atoms. The lowest BCUT2D eigenvalue weighted by molar-refractivity contribution is 0.0949. The van der Waals surface area contributed by atoms with Gasteiger partial charge in [0, 0.05) is 12.2 Å². The van der Waals surface area contributed by atoms with Crippen LogP contribution in [0.2, 0.25) is 5.02 Å². The van der Waals surface area contributed by atoms with Gasteiger partial charge in [0.15, 0.2) is 0 Å². The molecule has 3 aromatic rings. The Hall–Kier alpha value is -3.12. The first kappa shape index (κ1) is 19.6. The van der Waals surface area contributed by atoms with Crippen LogP contribution in [0, 0.1) is 6.92 Å². The van der Waals surface area contributed by atoms with E-state index in [4.69, 9.17) is 16.3 Å². The van der Waals surface area contributed by atoms with Crippen molar-refractivity contribution in [1.29, 1.82) is 0 Å². The van der Waals surface area contributed by atoms with Gasteiger partial charge in [0.05, 0.1) is 17.8 Å². The summed E-state index contributed by atoms with van der Waals surface area (Å²) >= 11 is 6.16. The molecule has 7 heteroatoms. The molecule has 144 valence electrons. The molecule has 0 radical (unpaired) electrons. The molecule has 1 aromatic heterocycles. The Morgan fingerprint density at radius 3 is 2.57 bits per heavy atom. The predicted octanol–water partition coefficient (Wildman–Crippen LogP) is 4.16. The standard InChI is InChI=1S/C21H21ClN4O2/c1-14-13-19(26-21(24-14)25-18-6-4-3-5-17(18)22)20(27)23-12-11-15-7-9-16(28-2)10-8-15/h3-10,13H,11-12H2,1-2H3,(H,23,27)(H,24,25,26). The van der Waals surface area contributed by atoms with E-state index in [-0.39, 0.29) is 5.91 Å². The van der Waals surface area contributed by atoms with Crippen molar-refractivity contribution >= 4 is 29.1 Å². The number of ether oxygens (including phenoxy) is 1. The molecular formula is C21H21ClN4O2. The summed E-state index contributed by atoms with van der Waals surface area (Å²) in [5, 5.41) is 6.50. The van der Waals surface area contributed by atoms with E-state index in [0.717, 1.165) is 11.3 Å². The van der Waals surface area contributed by atoms with Gasteiger partial charge in [-0.1, -0.05) is 35.9 Å². The maximum atomic E-state index is 12.5. The highest BCUT2D eigenvalue weighted by atomic mass is 35.5. The quantitative estimate of drug-likeness (QED) is 0.627. The molecule has 0 aliphatic heterocycles. The summed E-state index contributed by atoms with van der Waals surface area (Å²) in [6, 6.07) is 16.7. The van der Waals surface area contributed by atoms with Crippen LogP contribution in [0.25, 0.3) is 0 Å². The zero-order chi connectivity index (χ0) is 19.9. The molecule has 0 atom stereocenters. The predicted molar refractivity (Wildman–Crippen MR) is 111 cm³/mol. The number of nitrogens with zero attached hydrogens (tertiary/aromatic N) is 2. The number of anilines is 2. The van der Waals surface area contributed by atoms with Gasteiger partial charge in [-0.15, -0.1) is 0 Å². The minimum Gasteiger partial charge on any atom is -0.497 e. The van der Waals surface area contributed by atoms with Gasteiger partial charge in [-0.2, -0.15) is 0 Å². The molecule has 2 N–H and O–H groups in total. The molecule has 2 aromatic carbocycles. The van der Waals surface area contributed by atoms with Crippen molar-refractivity contribution in [3.8, 4) is 5.75 Å². The van der Waals surface area contributed by atoms with Crippen molar-refractivity contribution in [1.82, 2.24) is 15.3 Å². The molecule has 28 heavy (non-hydrogen) atoms. The summed E-state index contributed by atoms with van der Waals surface area (Å²) in [6.45, 7) is 2.31. The number of hydrogen-bond acceptors (Lipinski definition) is 5. The summed E-state index contributed by atoms with van der Waals surface area (Å²) in [4.78, 5) is 21.1. The number of rotatable bonds is 7. The Kier molecular flexibility index (Phi) is 6.45. The molecule has 0 aliphatic rings. The average molecular weight is 397 g/mol. The third kappa shape index (κ3) is 5.20. The number of carbonyl (C=O) groups is 1. The fraction of sp³-hybridized carbons (Fsp3) is 0.190. The Labute approximate surface area is 168 Å². The van der Waals surface area contributed by atoms with E-state index in [1.54, 1.807) is 19.2 Å². The Bertz CT molecular complexity index is 961. The van der Waals surface area contributed by atoms with E-state index in [2.05, 4.69) is 20.6 Å². The Balaban J connectivity index is 1.63. The van der Waals surface area contributed by atoms with Crippen molar-refractivity contribution in [2.75, 3.05) is 19.0 Å². The highest BCUT2D eigenvalue weighted by molar-refractivity contribution is 6.33. The molecular weight excluding hydrogens is 376 g/mol. The Morgan fingerprint density at radius 1 is 1.11 bits per heavy atom. The molecule has 6 nitrogen and oxygen atoms in total. The second-order valence-electron chi connectivity index (χ2n) is 6.18. The number of halogens is 1. The molecule has 0 fully saturated rings. The van der Waals surface area contributed by atoms with E-state index >= 15 is 0 Å². The minimum absolute atomic E-state index is 0.249. The van der Waals surface area contributed by atoms with Crippen LogP contribution in [0.5, 0.6) is 5.75 Å². The number of methoxy groups -OCH3 is 1. The van der Waals surface area contributed by atoms with Crippen LogP contribution >= 0.6 is 11.6 Å². The minimum atomic E-state index is -0.249. The second-order valence-corrected chi connectivity index (χ2v) is 6.58. The smallest absolute Gasteiger partial charge is 0.270 e. The molecule has 1 amide bonds. The van der Waals surface area contributed by atoms with E-state index in [1.807, 2.05) is 49.4 Å². The number of carbonyl (C=O) groups excluding carboxylic acids is 1. The topological polar surface area (TPSA) is 76.1 Å². The van der Waals surface area contributed by atoms with Crippen molar-refractivity contribution in [2.45, 2.75) is 13.3 Å². The number of aromatic nitrogens is 2. The van der Waals surface area contributed by atoms with Crippen LogP contribution < -0.4 is 15.4 Å². The number of aryl methyl sites for hydroxylation is 1. The van der Waals surface area contributed by atoms with Gasteiger partial charge < -0.3 is 15.4 Å². The third-order valence-corrected chi connectivity index (χ3v) is 4.40. The van der Waals surface area contributed by atoms with E-state index in [0.29, 0.717) is 41.0 Å². The van der Waals surface area contributed by atoms with Gasteiger partial charge in [0.1, 0.15) is 11.4 Å². The van der Waals surface area contributed by atoms with Crippen molar-refractivity contribution in [3.63, 3.8) is 0 Å².